The molecular weight excluding hydrogens is 306 g/mol. The first-order chi connectivity index (χ1) is 11.2. The fourth-order valence-electron chi connectivity index (χ4n) is 3.45. The van der Waals surface area contributed by atoms with Gasteiger partial charge in [0.15, 0.2) is 0 Å². The number of benzene rings is 1. The highest BCUT2D eigenvalue weighted by Crippen LogP contribution is 2.35. The molecule has 4 heteroatoms. The van der Waals surface area contributed by atoms with Gasteiger partial charge in [-0.3, -0.25) is 0 Å². The van der Waals surface area contributed by atoms with Crippen molar-refractivity contribution in [1.82, 2.24) is 4.90 Å². The van der Waals surface area contributed by atoms with Crippen LogP contribution in [-0.4, -0.2) is 35.1 Å². The van der Waals surface area contributed by atoms with Crippen LogP contribution in [0.3, 0.4) is 0 Å². The zero-order chi connectivity index (χ0) is 16.5. The predicted octanol–water partition coefficient (Wildman–Crippen LogP) is 5.10. The molecule has 0 unspecified atom stereocenters. The lowest BCUT2D eigenvalue weighted by molar-refractivity contribution is 0.0410. The zero-order valence-corrected chi connectivity index (χ0v) is 15.2. The first-order valence-electron chi connectivity index (χ1n) is 8.69. The van der Waals surface area contributed by atoms with E-state index >= 15 is 0 Å². The minimum absolute atomic E-state index is 0.0206. The summed E-state index contributed by atoms with van der Waals surface area (Å²) in [6.45, 7) is 3.40. The Balaban J connectivity index is 2.06. The van der Waals surface area contributed by atoms with Gasteiger partial charge in [0.25, 0.3) is 0 Å². The quantitative estimate of drug-likeness (QED) is 0.724. The van der Waals surface area contributed by atoms with Gasteiger partial charge in [0, 0.05) is 12.1 Å². The number of carbonyl (C=O) groups is 1. The Morgan fingerprint density at radius 3 is 2.74 bits per heavy atom. The molecular formula is C19H29NO2S. The monoisotopic (exact) mass is 335 g/mol. The molecule has 2 rings (SSSR count). The molecule has 0 saturated carbocycles. The summed E-state index contributed by atoms with van der Waals surface area (Å²) >= 11 is 1.86. The van der Waals surface area contributed by atoms with Gasteiger partial charge in [0.05, 0.1) is 0 Å². The Bertz CT molecular complexity index is 480. The molecule has 0 aliphatic carbocycles. The van der Waals surface area contributed by atoms with Crippen molar-refractivity contribution in [2.75, 3.05) is 18.6 Å². The number of thioether (sulfide) groups is 1. The predicted molar refractivity (Wildman–Crippen MR) is 97.8 cm³/mol. The van der Waals surface area contributed by atoms with E-state index in [-0.39, 0.29) is 11.6 Å². The van der Waals surface area contributed by atoms with Crippen molar-refractivity contribution in [2.45, 2.75) is 57.6 Å². The highest BCUT2D eigenvalue weighted by molar-refractivity contribution is 7.98. The molecule has 0 aromatic heterocycles. The van der Waals surface area contributed by atoms with Gasteiger partial charge in [-0.1, -0.05) is 50.1 Å². The van der Waals surface area contributed by atoms with Gasteiger partial charge in [0.2, 0.25) is 0 Å². The highest BCUT2D eigenvalue weighted by atomic mass is 32.2. The average Bonchev–Trinajstić information content (AvgIpc) is 2.81. The summed E-state index contributed by atoms with van der Waals surface area (Å²) in [6, 6.07) is 9.92. The van der Waals surface area contributed by atoms with Gasteiger partial charge in [-0.05, 0) is 43.3 Å². The fourth-order valence-corrected chi connectivity index (χ4v) is 4.04. The Morgan fingerprint density at radius 2 is 2.04 bits per heavy atom. The molecule has 23 heavy (non-hydrogen) atoms. The average molecular weight is 336 g/mol. The van der Waals surface area contributed by atoms with E-state index in [1.165, 1.54) is 12.8 Å². The largest absolute Gasteiger partial charge is 0.445 e. The summed E-state index contributed by atoms with van der Waals surface area (Å²) in [6.07, 6.45) is 8.68. The van der Waals surface area contributed by atoms with Crippen LogP contribution in [0.25, 0.3) is 0 Å². The van der Waals surface area contributed by atoms with Crippen LogP contribution >= 0.6 is 11.8 Å². The zero-order valence-electron chi connectivity index (χ0n) is 14.4. The second kappa shape index (κ2) is 9.21. The Labute approximate surface area is 144 Å². The number of hydrogen-bond donors (Lipinski definition) is 0. The van der Waals surface area contributed by atoms with Crippen molar-refractivity contribution in [1.29, 1.82) is 0 Å². The Kier molecular flexibility index (Phi) is 7.28. The van der Waals surface area contributed by atoms with E-state index in [1.807, 2.05) is 47.0 Å². The molecule has 0 spiro atoms. The van der Waals surface area contributed by atoms with Gasteiger partial charge in [-0.2, -0.15) is 11.8 Å². The molecule has 1 saturated heterocycles. The molecule has 0 bridgehead atoms. The molecule has 1 amide bonds. The third-order valence-corrected chi connectivity index (χ3v) is 5.56. The number of likely N-dealkylation sites (tertiary alicyclic amines) is 1. The fraction of sp³-hybridized carbons (Fsp3) is 0.632. The number of rotatable bonds is 6. The van der Waals surface area contributed by atoms with Crippen LogP contribution in [0.4, 0.5) is 4.79 Å². The lowest BCUT2D eigenvalue weighted by Crippen LogP contribution is -2.51. The minimum atomic E-state index is -0.140. The van der Waals surface area contributed by atoms with Crippen molar-refractivity contribution >= 4 is 17.9 Å². The highest BCUT2D eigenvalue weighted by Gasteiger charge is 2.39. The number of ether oxygens (including phenoxy) is 1. The van der Waals surface area contributed by atoms with Gasteiger partial charge in [-0.25, -0.2) is 4.79 Å². The maximum Gasteiger partial charge on any atom is 0.410 e. The van der Waals surface area contributed by atoms with Crippen LogP contribution in [0, 0.1) is 0 Å². The maximum absolute atomic E-state index is 12.8. The topological polar surface area (TPSA) is 29.5 Å². The summed E-state index contributed by atoms with van der Waals surface area (Å²) < 4.78 is 5.64. The molecule has 128 valence electrons. The molecule has 1 aromatic rings. The summed E-state index contributed by atoms with van der Waals surface area (Å²) in [7, 11) is 0. The molecule has 3 nitrogen and oxygen atoms in total. The maximum atomic E-state index is 12.8. The molecule has 0 N–H and O–H groups in total. The molecule has 1 heterocycles. The van der Waals surface area contributed by atoms with Gasteiger partial charge >= 0.3 is 6.09 Å². The van der Waals surface area contributed by atoms with Crippen molar-refractivity contribution < 1.29 is 9.53 Å². The first-order valence-corrected chi connectivity index (χ1v) is 10.1. The van der Waals surface area contributed by atoms with Crippen LogP contribution in [0.1, 0.15) is 51.0 Å². The minimum Gasteiger partial charge on any atom is -0.445 e. The van der Waals surface area contributed by atoms with E-state index in [9.17, 15) is 4.79 Å². The molecule has 0 radical (unpaired) electrons. The van der Waals surface area contributed by atoms with E-state index in [2.05, 4.69) is 13.2 Å². The van der Waals surface area contributed by atoms with E-state index in [0.29, 0.717) is 6.61 Å². The van der Waals surface area contributed by atoms with Crippen LogP contribution in [0.5, 0.6) is 0 Å². The Hall–Kier alpha value is -1.16. The number of carbonyl (C=O) groups excluding carboxylic acids is 1. The smallest absolute Gasteiger partial charge is 0.410 e. The van der Waals surface area contributed by atoms with Gasteiger partial charge in [-0.15, -0.1) is 0 Å². The van der Waals surface area contributed by atoms with Crippen LogP contribution in [0.2, 0.25) is 0 Å². The van der Waals surface area contributed by atoms with E-state index in [4.69, 9.17) is 4.74 Å². The molecule has 1 aliphatic heterocycles. The standard InChI is InChI=1S/C19H29NO2S/c1-3-19(13-15-23-2)12-8-5-9-14-20(19)18(21)22-16-17-10-6-4-7-11-17/h4,6-7,10-11H,3,5,8-9,12-16H2,1-2H3/t19-/m0/s1. The lowest BCUT2D eigenvalue weighted by Gasteiger charge is -2.42. The number of nitrogens with zero attached hydrogens (tertiary/aromatic N) is 1. The van der Waals surface area contributed by atoms with Crippen LogP contribution in [0.15, 0.2) is 30.3 Å². The Morgan fingerprint density at radius 1 is 1.26 bits per heavy atom. The van der Waals surface area contributed by atoms with Crippen LogP contribution < -0.4 is 0 Å². The van der Waals surface area contributed by atoms with E-state index in [1.54, 1.807) is 0 Å². The van der Waals surface area contributed by atoms with Crippen molar-refractivity contribution in [3.05, 3.63) is 35.9 Å². The summed E-state index contributed by atoms with van der Waals surface area (Å²) in [5.74, 6) is 1.09. The third kappa shape index (κ3) is 4.90. The van der Waals surface area contributed by atoms with Crippen LogP contribution in [-0.2, 0) is 11.3 Å². The van der Waals surface area contributed by atoms with Gasteiger partial charge < -0.3 is 9.64 Å². The van der Waals surface area contributed by atoms with Gasteiger partial charge in [0.1, 0.15) is 6.61 Å². The second-order valence-electron chi connectivity index (χ2n) is 6.32. The summed E-state index contributed by atoms with van der Waals surface area (Å²) in [5.41, 5.74) is 1.02. The number of amides is 1. The molecule has 1 fully saturated rings. The normalized spacial score (nSPS) is 21.7. The van der Waals surface area contributed by atoms with E-state index in [0.717, 1.165) is 43.5 Å². The SMILES string of the molecule is CC[C@@]1(CCSC)CCCCCN1C(=O)OCc1ccccc1. The third-order valence-electron chi connectivity index (χ3n) is 4.95. The van der Waals surface area contributed by atoms with Crippen molar-refractivity contribution in [3.8, 4) is 0 Å². The molecule has 1 aromatic carbocycles. The molecule has 1 aliphatic rings. The van der Waals surface area contributed by atoms with Crippen molar-refractivity contribution in [2.24, 2.45) is 0 Å². The summed E-state index contributed by atoms with van der Waals surface area (Å²) in [4.78, 5) is 14.8. The summed E-state index contributed by atoms with van der Waals surface area (Å²) in [5, 5.41) is 0. The number of hydrogen-bond acceptors (Lipinski definition) is 3. The van der Waals surface area contributed by atoms with E-state index < -0.39 is 0 Å². The second-order valence-corrected chi connectivity index (χ2v) is 7.31. The molecule has 1 atom stereocenters. The van der Waals surface area contributed by atoms with Crippen molar-refractivity contribution in [3.63, 3.8) is 0 Å². The lowest BCUT2D eigenvalue weighted by atomic mass is 9.86. The first kappa shape index (κ1) is 18.2.